The van der Waals surface area contributed by atoms with Gasteiger partial charge in [-0.15, -0.1) is 0 Å². The van der Waals surface area contributed by atoms with Crippen LogP contribution in [0.5, 0.6) is 0 Å². The summed E-state index contributed by atoms with van der Waals surface area (Å²) in [5.74, 6) is -5.92. The van der Waals surface area contributed by atoms with E-state index in [0.29, 0.717) is 25.0 Å². The first-order valence-corrected chi connectivity index (χ1v) is 7.98. The van der Waals surface area contributed by atoms with Crippen LogP contribution >= 0.6 is 0 Å². The summed E-state index contributed by atoms with van der Waals surface area (Å²) in [6, 6.07) is 0.0743. The molecule has 0 saturated carbocycles. The molecule has 0 N–H and O–H groups in total. The molecule has 1 aromatic carbocycles. The lowest BCUT2D eigenvalue weighted by Gasteiger charge is -2.32. The zero-order valence-electron chi connectivity index (χ0n) is 11.7. The highest BCUT2D eigenvalue weighted by atomic mass is 32.2. The highest BCUT2D eigenvalue weighted by Crippen LogP contribution is 2.28. The van der Waals surface area contributed by atoms with Crippen molar-refractivity contribution in [1.82, 2.24) is 4.31 Å². The molecule has 0 aromatic heterocycles. The fourth-order valence-corrected chi connectivity index (χ4v) is 4.10. The number of halogens is 3. The van der Waals surface area contributed by atoms with Gasteiger partial charge in [0.2, 0.25) is 10.0 Å². The monoisotopic (exact) mass is 337 g/mol. The zero-order chi connectivity index (χ0) is 16.5. The Labute approximate surface area is 125 Å². The smallest absolute Gasteiger partial charge is 0.324 e. The quantitative estimate of drug-likeness (QED) is 0.623. The number of hydrogen-bond donors (Lipinski definition) is 0. The van der Waals surface area contributed by atoms with Gasteiger partial charge in [0, 0.05) is 6.54 Å². The van der Waals surface area contributed by atoms with Gasteiger partial charge in [-0.2, -0.15) is 4.31 Å². The summed E-state index contributed by atoms with van der Waals surface area (Å²) in [7, 11) is -3.37. The number of ether oxygens (including phenoxy) is 1. The van der Waals surface area contributed by atoms with Gasteiger partial charge in [-0.3, -0.25) is 4.79 Å². The van der Waals surface area contributed by atoms with Crippen molar-refractivity contribution in [2.75, 3.05) is 13.7 Å². The fraction of sp³-hybridized carbons (Fsp3) is 0.462. The molecule has 0 amide bonds. The summed E-state index contributed by atoms with van der Waals surface area (Å²) < 4.78 is 70.3. The van der Waals surface area contributed by atoms with Crippen molar-refractivity contribution < 1.29 is 31.1 Å². The number of carbonyl (C=O) groups is 1. The van der Waals surface area contributed by atoms with Crippen LogP contribution in [0, 0.1) is 17.5 Å². The normalized spacial score (nSPS) is 19.9. The van der Waals surface area contributed by atoms with Crippen LogP contribution in [-0.2, 0) is 19.6 Å². The summed E-state index contributed by atoms with van der Waals surface area (Å²) in [5, 5.41) is 0. The largest absolute Gasteiger partial charge is 0.468 e. The van der Waals surface area contributed by atoms with E-state index < -0.39 is 44.4 Å². The SMILES string of the molecule is COC(=O)[C@H]1CCCCN1S(=O)(=O)c1ccc(F)c(F)c1F. The Morgan fingerprint density at radius 2 is 1.91 bits per heavy atom. The van der Waals surface area contributed by atoms with Gasteiger partial charge in [0.25, 0.3) is 0 Å². The molecule has 1 heterocycles. The zero-order valence-corrected chi connectivity index (χ0v) is 12.5. The van der Waals surface area contributed by atoms with Crippen molar-refractivity contribution in [2.24, 2.45) is 0 Å². The van der Waals surface area contributed by atoms with Crippen LogP contribution in [0.15, 0.2) is 17.0 Å². The number of carbonyl (C=O) groups excluding carboxylic acids is 1. The number of esters is 1. The second kappa shape index (κ2) is 6.25. The van der Waals surface area contributed by atoms with Crippen LogP contribution in [0.1, 0.15) is 19.3 Å². The summed E-state index contributed by atoms with van der Waals surface area (Å²) >= 11 is 0. The Kier molecular flexibility index (Phi) is 4.76. The van der Waals surface area contributed by atoms with Crippen molar-refractivity contribution in [3.8, 4) is 0 Å². The third-order valence-corrected chi connectivity index (χ3v) is 5.44. The number of piperidine rings is 1. The van der Waals surface area contributed by atoms with E-state index in [1.165, 1.54) is 0 Å². The number of hydrogen-bond acceptors (Lipinski definition) is 4. The van der Waals surface area contributed by atoms with E-state index in [2.05, 4.69) is 4.74 Å². The second-order valence-corrected chi connectivity index (χ2v) is 6.68. The van der Waals surface area contributed by atoms with Gasteiger partial charge in [-0.25, -0.2) is 21.6 Å². The minimum Gasteiger partial charge on any atom is -0.468 e. The Morgan fingerprint density at radius 3 is 2.55 bits per heavy atom. The first-order valence-electron chi connectivity index (χ1n) is 6.54. The van der Waals surface area contributed by atoms with Crippen molar-refractivity contribution >= 4 is 16.0 Å². The molecule has 1 atom stereocenters. The predicted octanol–water partition coefficient (Wildman–Crippen LogP) is 1.82. The van der Waals surface area contributed by atoms with Crippen LogP contribution in [-0.4, -0.2) is 38.4 Å². The number of sulfonamides is 1. The van der Waals surface area contributed by atoms with Gasteiger partial charge in [0.05, 0.1) is 7.11 Å². The van der Waals surface area contributed by atoms with E-state index in [0.717, 1.165) is 11.4 Å². The minimum atomic E-state index is -4.49. The summed E-state index contributed by atoms with van der Waals surface area (Å²) in [6.45, 7) is -0.0272. The third kappa shape index (κ3) is 2.82. The van der Waals surface area contributed by atoms with E-state index in [4.69, 9.17) is 0 Å². The van der Waals surface area contributed by atoms with E-state index in [1.807, 2.05) is 0 Å². The number of rotatable bonds is 3. The Hall–Kier alpha value is -1.61. The summed E-state index contributed by atoms with van der Waals surface area (Å²) in [4.78, 5) is 10.7. The predicted molar refractivity (Wildman–Crippen MR) is 69.9 cm³/mol. The first-order chi connectivity index (χ1) is 10.3. The molecule has 2 rings (SSSR count). The molecular weight excluding hydrogens is 323 g/mol. The maximum absolute atomic E-state index is 13.8. The van der Waals surface area contributed by atoms with E-state index in [1.54, 1.807) is 0 Å². The molecule has 0 spiro atoms. The lowest BCUT2D eigenvalue weighted by atomic mass is 10.1. The molecule has 5 nitrogen and oxygen atoms in total. The molecule has 0 aliphatic carbocycles. The van der Waals surface area contributed by atoms with Gasteiger partial charge >= 0.3 is 5.97 Å². The molecule has 0 bridgehead atoms. The number of benzene rings is 1. The fourth-order valence-electron chi connectivity index (χ4n) is 2.40. The average molecular weight is 337 g/mol. The standard InChI is InChI=1S/C13H14F3NO4S/c1-21-13(18)9-4-2-3-7-17(9)22(19,20)10-6-5-8(14)11(15)12(10)16/h5-6,9H,2-4,7H2,1H3/t9-/m1/s1. The van der Waals surface area contributed by atoms with Gasteiger partial charge in [0.1, 0.15) is 10.9 Å². The molecule has 1 aromatic rings. The van der Waals surface area contributed by atoms with Crippen LogP contribution in [0.2, 0.25) is 0 Å². The van der Waals surface area contributed by atoms with E-state index in [9.17, 15) is 26.4 Å². The Bertz CT molecular complexity index is 693. The number of methoxy groups -OCH3 is 1. The Morgan fingerprint density at radius 1 is 1.23 bits per heavy atom. The van der Waals surface area contributed by atoms with Crippen LogP contribution in [0.4, 0.5) is 13.2 Å². The minimum absolute atomic E-state index is 0.0272. The highest BCUT2D eigenvalue weighted by Gasteiger charge is 2.40. The maximum atomic E-state index is 13.8. The molecular formula is C13H14F3NO4S. The molecule has 1 aliphatic heterocycles. The van der Waals surface area contributed by atoms with Gasteiger partial charge in [0.15, 0.2) is 17.5 Å². The molecule has 122 valence electrons. The summed E-state index contributed by atoms with van der Waals surface area (Å²) in [6.07, 6.45) is 1.29. The highest BCUT2D eigenvalue weighted by molar-refractivity contribution is 7.89. The van der Waals surface area contributed by atoms with E-state index >= 15 is 0 Å². The molecule has 9 heteroatoms. The lowest BCUT2D eigenvalue weighted by molar-refractivity contribution is -0.146. The molecule has 22 heavy (non-hydrogen) atoms. The summed E-state index contributed by atoms with van der Waals surface area (Å²) in [5.41, 5.74) is 0. The Balaban J connectivity index is 2.49. The van der Waals surface area contributed by atoms with Crippen LogP contribution in [0.3, 0.4) is 0 Å². The van der Waals surface area contributed by atoms with Crippen molar-refractivity contribution in [1.29, 1.82) is 0 Å². The lowest BCUT2D eigenvalue weighted by Crippen LogP contribution is -2.48. The average Bonchev–Trinajstić information content (AvgIpc) is 2.51. The van der Waals surface area contributed by atoms with Crippen molar-refractivity contribution in [2.45, 2.75) is 30.2 Å². The molecule has 0 unspecified atom stereocenters. The van der Waals surface area contributed by atoms with Crippen LogP contribution < -0.4 is 0 Å². The molecule has 1 fully saturated rings. The first kappa shape index (κ1) is 16.8. The molecule has 1 saturated heterocycles. The molecule has 0 radical (unpaired) electrons. The van der Waals surface area contributed by atoms with E-state index in [-0.39, 0.29) is 13.0 Å². The molecule has 1 aliphatic rings. The van der Waals surface area contributed by atoms with Crippen molar-refractivity contribution in [3.63, 3.8) is 0 Å². The second-order valence-electron chi connectivity index (χ2n) is 4.82. The topological polar surface area (TPSA) is 63.7 Å². The number of nitrogens with zero attached hydrogens (tertiary/aromatic N) is 1. The maximum Gasteiger partial charge on any atom is 0.324 e. The van der Waals surface area contributed by atoms with Gasteiger partial charge in [-0.1, -0.05) is 0 Å². The third-order valence-electron chi connectivity index (χ3n) is 3.51. The van der Waals surface area contributed by atoms with Gasteiger partial charge < -0.3 is 4.74 Å². The van der Waals surface area contributed by atoms with Gasteiger partial charge in [-0.05, 0) is 31.4 Å². The van der Waals surface area contributed by atoms with Crippen LogP contribution in [0.25, 0.3) is 0 Å². The van der Waals surface area contributed by atoms with Crippen molar-refractivity contribution in [3.05, 3.63) is 29.6 Å².